The predicted molar refractivity (Wildman–Crippen MR) is 69.6 cm³/mol. The van der Waals surface area contributed by atoms with Crippen molar-refractivity contribution in [3.63, 3.8) is 0 Å². The van der Waals surface area contributed by atoms with Crippen LogP contribution in [0, 0.1) is 17.8 Å². The summed E-state index contributed by atoms with van der Waals surface area (Å²) in [5.74, 6) is 2.68. The number of nitrogens with zero attached hydrogens (tertiary/aromatic N) is 1. The molecule has 2 heteroatoms. The van der Waals surface area contributed by atoms with Crippen LogP contribution in [0.1, 0.15) is 40.0 Å². The van der Waals surface area contributed by atoms with Gasteiger partial charge in [0.2, 0.25) is 0 Å². The summed E-state index contributed by atoms with van der Waals surface area (Å²) in [6, 6.07) is 0.811. The lowest BCUT2D eigenvalue weighted by Crippen LogP contribution is -2.40. The second kappa shape index (κ2) is 5.50. The van der Waals surface area contributed by atoms with Gasteiger partial charge in [-0.05, 0) is 56.7 Å². The van der Waals surface area contributed by atoms with Gasteiger partial charge in [-0.1, -0.05) is 20.8 Å². The summed E-state index contributed by atoms with van der Waals surface area (Å²) in [5, 5.41) is 3.53. The molecule has 0 aromatic carbocycles. The normalized spacial score (nSPS) is 37.9. The molecule has 0 aromatic heterocycles. The van der Waals surface area contributed by atoms with Crippen molar-refractivity contribution >= 4 is 0 Å². The van der Waals surface area contributed by atoms with Crippen LogP contribution in [0.3, 0.4) is 0 Å². The Kier molecular flexibility index (Phi) is 4.26. The van der Waals surface area contributed by atoms with E-state index >= 15 is 0 Å². The minimum Gasteiger partial charge on any atom is -0.315 e. The van der Waals surface area contributed by atoms with Crippen molar-refractivity contribution in [2.24, 2.45) is 17.8 Å². The van der Waals surface area contributed by atoms with Crippen LogP contribution in [-0.2, 0) is 0 Å². The second-order valence-corrected chi connectivity index (χ2v) is 6.17. The van der Waals surface area contributed by atoms with Crippen LogP contribution in [0.4, 0.5) is 0 Å². The van der Waals surface area contributed by atoms with Crippen molar-refractivity contribution in [2.75, 3.05) is 26.2 Å². The zero-order chi connectivity index (χ0) is 11.5. The van der Waals surface area contributed by atoms with Crippen molar-refractivity contribution in [1.29, 1.82) is 0 Å². The van der Waals surface area contributed by atoms with Gasteiger partial charge < -0.3 is 5.32 Å². The highest BCUT2D eigenvalue weighted by atomic mass is 15.2. The molecule has 0 aromatic rings. The van der Waals surface area contributed by atoms with Crippen LogP contribution in [0.15, 0.2) is 0 Å². The number of likely N-dealkylation sites (tertiary alicyclic amines) is 1. The van der Waals surface area contributed by atoms with Crippen molar-refractivity contribution in [2.45, 2.75) is 46.1 Å². The van der Waals surface area contributed by atoms with E-state index in [2.05, 4.69) is 31.0 Å². The highest BCUT2D eigenvalue weighted by Gasteiger charge is 2.30. The third-order valence-corrected chi connectivity index (χ3v) is 4.70. The molecule has 2 fully saturated rings. The monoisotopic (exact) mass is 224 g/mol. The Hall–Kier alpha value is -0.0800. The minimum absolute atomic E-state index is 0.811. The Morgan fingerprint density at radius 2 is 1.94 bits per heavy atom. The molecule has 2 aliphatic rings. The van der Waals surface area contributed by atoms with Crippen LogP contribution in [0.25, 0.3) is 0 Å². The first-order valence-corrected chi connectivity index (χ1v) is 7.13. The Balaban J connectivity index is 1.88. The summed E-state index contributed by atoms with van der Waals surface area (Å²) < 4.78 is 0. The number of hydrogen-bond acceptors (Lipinski definition) is 2. The molecule has 2 heterocycles. The summed E-state index contributed by atoms with van der Waals surface area (Å²) in [6.07, 6.45) is 4.27. The molecule has 0 saturated carbocycles. The van der Waals surface area contributed by atoms with Crippen LogP contribution in [0.2, 0.25) is 0 Å². The lowest BCUT2D eigenvalue weighted by molar-refractivity contribution is 0.180. The van der Waals surface area contributed by atoms with Gasteiger partial charge in [0.25, 0.3) is 0 Å². The maximum Gasteiger partial charge on any atom is 0.0258 e. The Morgan fingerprint density at radius 1 is 1.12 bits per heavy atom. The topological polar surface area (TPSA) is 15.3 Å². The van der Waals surface area contributed by atoms with Gasteiger partial charge in [0, 0.05) is 12.6 Å². The molecule has 94 valence electrons. The first kappa shape index (κ1) is 12.4. The first-order chi connectivity index (χ1) is 7.68. The van der Waals surface area contributed by atoms with Crippen molar-refractivity contribution in [1.82, 2.24) is 10.2 Å². The quantitative estimate of drug-likeness (QED) is 0.774. The van der Waals surface area contributed by atoms with E-state index in [1.807, 2.05) is 0 Å². The van der Waals surface area contributed by atoms with E-state index in [-0.39, 0.29) is 0 Å². The molecule has 0 bridgehead atoms. The van der Waals surface area contributed by atoms with E-state index in [1.165, 1.54) is 45.4 Å². The van der Waals surface area contributed by atoms with Crippen molar-refractivity contribution in [3.8, 4) is 0 Å². The van der Waals surface area contributed by atoms with Crippen LogP contribution in [0.5, 0.6) is 0 Å². The molecular weight excluding hydrogens is 196 g/mol. The molecule has 2 aliphatic heterocycles. The third kappa shape index (κ3) is 2.78. The summed E-state index contributed by atoms with van der Waals surface area (Å²) >= 11 is 0. The van der Waals surface area contributed by atoms with Gasteiger partial charge in [-0.15, -0.1) is 0 Å². The van der Waals surface area contributed by atoms with Gasteiger partial charge in [0.05, 0.1) is 0 Å². The maximum absolute atomic E-state index is 3.53. The van der Waals surface area contributed by atoms with Crippen LogP contribution < -0.4 is 5.32 Å². The Morgan fingerprint density at radius 3 is 2.56 bits per heavy atom. The average molecular weight is 224 g/mol. The molecule has 0 spiro atoms. The lowest BCUT2D eigenvalue weighted by atomic mass is 9.89. The van der Waals surface area contributed by atoms with Crippen LogP contribution >= 0.6 is 0 Å². The predicted octanol–water partition coefficient (Wildman–Crippen LogP) is 2.35. The Bertz CT molecular complexity index is 215. The fourth-order valence-electron chi connectivity index (χ4n) is 3.43. The molecule has 2 nitrogen and oxygen atoms in total. The second-order valence-electron chi connectivity index (χ2n) is 6.17. The molecule has 16 heavy (non-hydrogen) atoms. The number of hydrogen-bond donors (Lipinski definition) is 1. The lowest BCUT2D eigenvalue weighted by Gasteiger charge is -2.30. The summed E-state index contributed by atoms with van der Waals surface area (Å²) in [5.41, 5.74) is 0. The SMILES string of the molecule is CC(C)C1CCCN(C2CNCC2C)CC1. The van der Waals surface area contributed by atoms with Crippen LogP contribution in [-0.4, -0.2) is 37.1 Å². The zero-order valence-corrected chi connectivity index (χ0v) is 11.2. The highest BCUT2D eigenvalue weighted by molar-refractivity contribution is 4.87. The molecule has 0 aliphatic carbocycles. The van der Waals surface area contributed by atoms with E-state index in [4.69, 9.17) is 0 Å². The fraction of sp³-hybridized carbons (Fsp3) is 1.00. The number of nitrogens with one attached hydrogen (secondary N) is 1. The number of rotatable bonds is 2. The highest BCUT2D eigenvalue weighted by Crippen LogP contribution is 2.27. The molecule has 3 unspecified atom stereocenters. The zero-order valence-electron chi connectivity index (χ0n) is 11.2. The third-order valence-electron chi connectivity index (χ3n) is 4.70. The van der Waals surface area contributed by atoms with Gasteiger partial charge in [0.15, 0.2) is 0 Å². The molecular formula is C14H28N2. The van der Waals surface area contributed by atoms with E-state index in [0.717, 1.165) is 23.8 Å². The first-order valence-electron chi connectivity index (χ1n) is 7.13. The summed E-state index contributed by atoms with van der Waals surface area (Å²) in [4.78, 5) is 2.76. The maximum atomic E-state index is 3.53. The summed E-state index contributed by atoms with van der Waals surface area (Å²) in [6.45, 7) is 12.3. The van der Waals surface area contributed by atoms with Gasteiger partial charge in [-0.25, -0.2) is 0 Å². The van der Waals surface area contributed by atoms with E-state index in [1.54, 1.807) is 0 Å². The van der Waals surface area contributed by atoms with E-state index in [0.29, 0.717) is 0 Å². The minimum atomic E-state index is 0.811. The fourth-order valence-corrected chi connectivity index (χ4v) is 3.43. The van der Waals surface area contributed by atoms with Gasteiger partial charge >= 0.3 is 0 Å². The van der Waals surface area contributed by atoms with Crippen molar-refractivity contribution < 1.29 is 0 Å². The summed E-state index contributed by atoms with van der Waals surface area (Å²) in [7, 11) is 0. The van der Waals surface area contributed by atoms with E-state index in [9.17, 15) is 0 Å². The Labute approximate surface area is 101 Å². The van der Waals surface area contributed by atoms with Gasteiger partial charge in [0.1, 0.15) is 0 Å². The average Bonchev–Trinajstić information content (AvgIpc) is 2.54. The molecule has 2 saturated heterocycles. The largest absolute Gasteiger partial charge is 0.315 e. The molecule has 2 rings (SSSR count). The van der Waals surface area contributed by atoms with E-state index < -0.39 is 0 Å². The van der Waals surface area contributed by atoms with Gasteiger partial charge in [-0.3, -0.25) is 4.90 Å². The molecule has 3 atom stereocenters. The molecule has 1 N–H and O–H groups in total. The standard InChI is InChI=1S/C14H28N2/c1-11(2)13-5-4-7-16(8-6-13)14-10-15-9-12(14)3/h11-15H,4-10H2,1-3H3. The smallest absolute Gasteiger partial charge is 0.0258 e. The van der Waals surface area contributed by atoms with Crippen molar-refractivity contribution in [3.05, 3.63) is 0 Å². The molecule has 0 amide bonds. The van der Waals surface area contributed by atoms with Gasteiger partial charge in [-0.2, -0.15) is 0 Å². The molecule has 0 radical (unpaired) electrons.